The number of amides is 1. The fourth-order valence-corrected chi connectivity index (χ4v) is 1.73. The zero-order chi connectivity index (χ0) is 11.5. The van der Waals surface area contributed by atoms with E-state index >= 15 is 0 Å². The lowest BCUT2D eigenvalue weighted by Gasteiger charge is -1.88. The summed E-state index contributed by atoms with van der Waals surface area (Å²) in [5.74, 6) is -0.0465. The standard InChI is InChI=1S/C8H5N3O4S/c12-4-9-8-10-5(3-16-8)6-1-2-7(15-6)11(13)14/h1-4H,(H,9,10,12). The van der Waals surface area contributed by atoms with Crippen LogP contribution in [0.1, 0.15) is 0 Å². The zero-order valence-corrected chi connectivity index (χ0v) is 8.56. The molecule has 2 rings (SSSR count). The van der Waals surface area contributed by atoms with Crippen LogP contribution in [0.25, 0.3) is 11.5 Å². The maximum atomic E-state index is 10.4. The van der Waals surface area contributed by atoms with Crippen molar-refractivity contribution in [2.24, 2.45) is 0 Å². The molecule has 0 saturated carbocycles. The second kappa shape index (κ2) is 4.11. The molecular weight excluding hydrogens is 234 g/mol. The van der Waals surface area contributed by atoms with Crippen LogP contribution in [0, 0.1) is 10.1 Å². The van der Waals surface area contributed by atoms with Gasteiger partial charge in [-0.1, -0.05) is 0 Å². The van der Waals surface area contributed by atoms with Gasteiger partial charge in [0.15, 0.2) is 10.9 Å². The molecule has 0 aliphatic carbocycles. The van der Waals surface area contributed by atoms with Crippen LogP contribution in [0.15, 0.2) is 21.9 Å². The Morgan fingerprint density at radius 1 is 1.56 bits per heavy atom. The van der Waals surface area contributed by atoms with E-state index in [2.05, 4.69) is 10.3 Å². The van der Waals surface area contributed by atoms with Gasteiger partial charge in [-0.05, 0) is 6.07 Å². The first kappa shape index (κ1) is 10.3. The summed E-state index contributed by atoms with van der Waals surface area (Å²) < 4.78 is 4.95. The Balaban J connectivity index is 2.27. The molecule has 0 spiro atoms. The Kier molecular flexibility index (Phi) is 2.64. The SMILES string of the molecule is O=CNc1nc(-c2ccc([N+](=O)[O-])o2)cs1. The number of rotatable bonds is 4. The molecule has 0 unspecified atom stereocenters. The molecule has 8 heteroatoms. The fourth-order valence-electron chi connectivity index (χ4n) is 1.07. The molecule has 2 aromatic heterocycles. The van der Waals surface area contributed by atoms with Crippen molar-refractivity contribution < 1.29 is 14.1 Å². The number of nitro groups is 1. The monoisotopic (exact) mass is 239 g/mol. The average molecular weight is 239 g/mol. The highest BCUT2D eigenvalue weighted by Crippen LogP contribution is 2.28. The van der Waals surface area contributed by atoms with E-state index in [9.17, 15) is 14.9 Å². The summed E-state index contributed by atoms with van der Waals surface area (Å²) in [6, 6.07) is 2.71. The molecule has 2 aromatic rings. The Morgan fingerprint density at radius 2 is 2.38 bits per heavy atom. The zero-order valence-electron chi connectivity index (χ0n) is 7.75. The number of thiazole rings is 1. The fraction of sp³-hybridized carbons (Fsp3) is 0. The van der Waals surface area contributed by atoms with Gasteiger partial charge in [0.1, 0.15) is 10.6 Å². The molecule has 0 saturated heterocycles. The lowest BCUT2D eigenvalue weighted by molar-refractivity contribution is -0.401. The number of anilines is 1. The summed E-state index contributed by atoms with van der Waals surface area (Å²) in [4.78, 5) is 23.9. The Bertz CT molecular complexity index is 533. The molecule has 82 valence electrons. The number of hydrogen-bond donors (Lipinski definition) is 1. The molecule has 0 aromatic carbocycles. The van der Waals surface area contributed by atoms with Crippen LogP contribution >= 0.6 is 11.3 Å². The first-order chi connectivity index (χ1) is 7.70. The van der Waals surface area contributed by atoms with Gasteiger partial charge in [-0.15, -0.1) is 11.3 Å². The van der Waals surface area contributed by atoms with Gasteiger partial charge in [0, 0.05) is 5.38 Å². The van der Waals surface area contributed by atoms with Crippen molar-refractivity contribution in [3.63, 3.8) is 0 Å². The number of carbonyl (C=O) groups excluding carboxylic acids is 1. The summed E-state index contributed by atoms with van der Waals surface area (Å²) in [5, 5.41) is 14.8. The molecule has 1 amide bonds. The number of hydrogen-bond acceptors (Lipinski definition) is 6. The van der Waals surface area contributed by atoms with Gasteiger partial charge in [0.2, 0.25) is 6.41 Å². The van der Waals surface area contributed by atoms with Crippen molar-refractivity contribution in [2.75, 3.05) is 5.32 Å². The molecule has 7 nitrogen and oxygen atoms in total. The molecule has 0 bridgehead atoms. The third-order valence-electron chi connectivity index (χ3n) is 1.71. The van der Waals surface area contributed by atoms with Crippen molar-refractivity contribution in [1.29, 1.82) is 0 Å². The predicted molar refractivity (Wildman–Crippen MR) is 56.2 cm³/mol. The molecule has 0 fully saturated rings. The van der Waals surface area contributed by atoms with Gasteiger partial charge in [0.25, 0.3) is 0 Å². The number of nitrogens with one attached hydrogen (secondary N) is 1. The third kappa shape index (κ3) is 1.91. The van der Waals surface area contributed by atoms with Crippen molar-refractivity contribution >= 4 is 28.8 Å². The average Bonchev–Trinajstić information content (AvgIpc) is 2.84. The van der Waals surface area contributed by atoms with E-state index in [4.69, 9.17) is 4.42 Å². The maximum Gasteiger partial charge on any atom is 0.433 e. The van der Waals surface area contributed by atoms with Gasteiger partial charge in [-0.25, -0.2) is 4.98 Å². The quantitative estimate of drug-likeness (QED) is 0.499. The lowest BCUT2D eigenvalue weighted by atomic mass is 10.4. The Hall–Kier alpha value is -2.22. The highest BCUT2D eigenvalue weighted by atomic mass is 32.1. The van der Waals surface area contributed by atoms with Gasteiger partial charge >= 0.3 is 5.88 Å². The summed E-state index contributed by atoms with van der Waals surface area (Å²) >= 11 is 1.20. The van der Waals surface area contributed by atoms with Crippen molar-refractivity contribution in [3.05, 3.63) is 27.6 Å². The first-order valence-electron chi connectivity index (χ1n) is 4.11. The third-order valence-corrected chi connectivity index (χ3v) is 2.48. The van der Waals surface area contributed by atoms with Crippen molar-refractivity contribution in [1.82, 2.24) is 4.98 Å². The lowest BCUT2D eigenvalue weighted by Crippen LogP contribution is -1.91. The summed E-state index contributed by atoms with van der Waals surface area (Å²) in [7, 11) is 0. The minimum Gasteiger partial charge on any atom is -0.399 e. The van der Waals surface area contributed by atoms with E-state index in [0.717, 1.165) is 0 Å². The molecule has 0 atom stereocenters. The normalized spacial score (nSPS) is 10.0. The van der Waals surface area contributed by atoms with Crippen molar-refractivity contribution in [2.45, 2.75) is 0 Å². The predicted octanol–water partition coefficient (Wildman–Crippen LogP) is 1.88. The van der Waals surface area contributed by atoms with Crippen LogP contribution in [0.3, 0.4) is 0 Å². The van der Waals surface area contributed by atoms with Crippen LogP contribution in [0.2, 0.25) is 0 Å². The highest BCUT2D eigenvalue weighted by molar-refractivity contribution is 7.14. The van der Waals surface area contributed by atoms with Crippen LogP contribution in [-0.2, 0) is 4.79 Å². The summed E-state index contributed by atoms with van der Waals surface area (Å²) in [5.41, 5.74) is 0.447. The van der Waals surface area contributed by atoms with Crippen LogP contribution < -0.4 is 5.32 Å². The number of nitrogens with zero attached hydrogens (tertiary/aromatic N) is 2. The molecular formula is C8H5N3O4S. The molecule has 16 heavy (non-hydrogen) atoms. The summed E-state index contributed by atoms with van der Waals surface area (Å²) in [6.45, 7) is 0. The number of aromatic nitrogens is 1. The smallest absolute Gasteiger partial charge is 0.399 e. The minimum absolute atomic E-state index is 0.293. The maximum absolute atomic E-state index is 10.4. The number of carbonyl (C=O) groups is 1. The van der Waals surface area contributed by atoms with E-state index in [1.807, 2.05) is 0 Å². The highest BCUT2D eigenvalue weighted by Gasteiger charge is 2.14. The van der Waals surface area contributed by atoms with Gasteiger partial charge in [0.05, 0.1) is 6.07 Å². The second-order valence-electron chi connectivity index (χ2n) is 2.70. The van der Waals surface area contributed by atoms with Gasteiger partial charge in [-0.3, -0.25) is 14.9 Å². The second-order valence-corrected chi connectivity index (χ2v) is 3.55. The van der Waals surface area contributed by atoms with Gasteiger partial charge in [-0.2, -0.15) is 0 Å². The molecule has 0 radical (unpaired) electrons. The molecule has 0 aliphatic rings. The minimum atomic E-state index is -0.625. The molecule has 2 heterocycles. The van der Waals surface area contributed by atoms with Crippen molar-refractivity contribution in [3.8, 4) is 11.5 Å². The molecule has 0 aliphatic heterocycles. The van der Waals surface area contributed by atoms with E-state index in [1.165, 1.54) is 23.5 Å². The number of furan rings is 1. The van der Waals surface area contributed by atoms with Crippen LogP contribution in [0.5, 0.6) is 0 Å². The summed E-state index contributed by atoms with van der Waals surface area (Å²) in [6.07, 6.45) is 0.507. The van der Waals surface area contributed by atoms with E-state index in [-0.39, 0.29) is 5.88 Å². The largest absolute Gasteiger partial charge is 0.433 e. The topological polar surface area (TPSA) is 98.3 Å². The molecule has 1 N–H and O–H groups in total. The van der Waals surface area contributed by atoms with Crippen LogP contribution in [-0.4, -0.2) is 16.3 Å². The van der Waals surface area contributed by atoms with E-state index in [0.29, 0.717) is 23.0 Å². The van der Waals surface area contributed by atoms with Gasteiger partial charge < -0.3 is 9.73 Å². The van der Waals surface area contributed by atoms with Crippen LogP contribution in [0.4, 0.5) is 11.0 Å². The van der Waals surface area contributed by atoms with E-state index < -0.39 is 4.92 Å². The Morgan fingerprint density at radius 3 is 3.00 bits per heavy atom. The first-order valence-corrected chi connectivity index (χ1v) is 4.99. The Labute approximate surface area is 92.9 Å². The van der Waals surface area contributed by atoms with E-state index in [1.54, 1.807) is 5.38 Å².